The van der Waals surface area contributed by atoms with Gasteiger partial charge in [-0.05, 0) is 24.6 Å². The minimum Gasteiger partial charge on any atom is -0.444 e. The standard InChI is InChI=1S/C16H20FN3O5S/c17-13-9-11(20-10-12(25-16(20)22)2-4-15(18)21)1-3-14(13)19-5-7-26(23,24)8-6-19/h1,3,5,7,9,12,23-24H,2,4,6,8,10H2,(H2,18,21)/t12-/m0/s1. The summed E-state index contributed by atoms with van der Waals surface area (Å²) in [5, 5.41) is 1.27. The monoisotopic (exact) mass is 385 g/mol. The van der Waals surface area contributed by atoms with Crippen LogP contribution in [-0.2, 0) is 9.53 Å². The Morgan fingerprint density at radius 1 is 1.42 bits per heavy atom. The lowest BCUT2D eigenvalue weighted by molar-refractivity contribution is -0.118. The van der Waals surface area contributed by atoms with Crippen molar-refractivity contribution in [1.29, 1.82) is 0 Å². The molecule has 0 unspecified atom stereocenters. The number of benzene rings is 1. The van der Waals surface area contributed by atoms with E-state index in [1.165, 1.54) is 28.6 Å². The predicted octanol–water partition coefficient (Wildman–Crippen LogP) is 2.46. The maximum Gasteiger partial charge on any atom is 0.414 e. The van der Waals surface area contributed by atoms with E-state index < -0.39 is 34.5 Å². The number of ether oxygens (including phenoxy) is 1. The molecule has 0 aromatic heterocycles. The zero-order chi connectivity index (χ0) is 18.9. The molecule has 0 saturated carbocycles. The van der Waals surface area contributed by atoms with E-state index >= 15 is 0 Å². The van der Waals surface area contributed by atoms with Crippen LogP contribution < -0.4 is 15.5 Å². The number of hydrogen-bond acceptors (Lipinski definition) is 6. The van der Waals surface area contributed by atoms with Gasteiger partial charge in [0.25, 0.3) is 0 Å². The highest BCUT2D eigenvalue weighted by molar-refractivity contribution is 8.26. The molecule has 2 heterocycles. The van der Waals surface area contributed by atoms with Gasteiger partial charge >= 0.3 is 6.09 Å². The molecule has 0 aliphatic carbocycles. The minimum absolute atomic E-state index is 0.111. The number of amides is 2. The summed E-state index contributed by atoms with van der Waals surface area (Å²) in [6, 6.07) is 4.35. The second-order valence-electron chi connectivity index (χ2n) is 6.16. The van der Waals surface area contributed by atoms with Gasteiger partial charge in [0.15, 0.2) is 0 Å². The SMILES string of the molecule is NC(=O)CC[C@H]1CN(c2ccc(N3C=CS(O)(O)CC3)c(F)c2)C(=O)O1. The lowest BCUT2D eigenvalue weighted by Crippen LogP contribution is -2.28. The molecular weight excluding hydrogens is 365 g/mol. The summed E-state index contributed by atoms with van der Waals surface area (Å²) in [6.45, 7) is 0.492. The van der Waals surface area contributed by atoms with Crippen molar-refractivity contribution in [3.63, 3.8) is 0 Å². The van der Waals surface area contributed by atoms with Crippen molar-refractivity contribution < 1.29 is 27.8 Å². The van der Waals surface area contributed by atoms with Crippen LogP contribution in [0.15, 0.2) is 29.8 Å². The molecule has 142 valence electrons. The number of rotatable bonds is 5. The number of cyclic esters (lactones) is 1. The Balaban J connectivity index is 1.72. The molecule has 0 radical (unpaired) electrons. The summed E-state index contributed by atoms with van der Waals surface area (Å²) in [6.07, 6.45) is 0.815. The van der Waals surface area contributed by atoms with E-state index in [0.29, 0.717) is 12.1 Å². The third-order valence-corrected chi connectivity index (χ3v) is 5.57. The molecule has 1 aromatic rings. The molecule has 2 aliphatic rings. The summed E-state index contributed by atoms with van der Waals surface area (Å²) in [7, 11) is -2.73. The van der Waals surface area contributed by atoms with Gasteiger partial charge in [-0.3, -0.25) is 18.8 Å². The topological polar surface area (TPSA) is 116 Å². The van der Waals surface area contributed by atoms with E-state index in [1.54, 1.807) is 11.0 Å². The van der Waals surface area contributed by atoms with Gasteiger partial charge in [-0.25, -0.2) is 9.18 Å². The maximum atomic E-state index is 14.5. The van der Waals surface area contributed by atoms with Crippen molar-refractivity contribution in [2.24, 2.45) is 5.73 Å². The van der Waals surface area contributed by atoms with Crippen molar-refractivity contribution in [1.82, 2.24) is 0 Å². The van der Waals surface area contributed by atoms with Crippen LogP contribution in [0.5, 0.6) is 0 Å². The first-order valence-corrected chi connectivity index (χ1v) is 9.80. The maximum absolute atomic E-state index is 14.5. The average molecular weight is 385 g/mol. The van der Waals surface area contributed by atoms with E-state index in [0.717, 1.165) is 0 Å². The number of nitrogens with two attached hydrogens (primary N) is 1. The molecule has 2 aliphatic heterocycles. The highest BCUT2D eigenvalue weighted by atomic mass is 32.3. The number of anilines is 2. The average Bonchev–Trinajstić information content (AvgIpc) is 2.94. The molecule has 1 saturated heterocycles. The molecule has 0 spiro atoms. The van der Waals surface area contributed by atoms with E-state index in [1.807, 2.05) is 0 Å². The highest BCUT2D eigenvalue weighted by Gasteiger charge is 2.33. The summed E-state index contributed by atoms with van der Waals surface area (Å²) in [5.41, 5.74) is 5.72. The molecule has 3 rings (SSSR count). The Kier molecular flexibility index (Phi) is 5.08. The van der Waals surface area contributed by atoms with Gasteiger partial charge in [-0.1, -0.05) is 0 Å². The van der Waals surface area contributed by atoms with Gasteiger partial charge < -0.3 is 15.4 Å². The van der Waals surface area contributed by atoms with E-state index in [9.17, 15) is 23.1 Å². The molecular formula is C16H20FN3O5S. The number of primary amides is 1. The number of halogens is 1. The fourth-order valence-electron chi connectivity index (χ4n) is 2.83. The van der Waals surface area contributed by atoms with E-state index in [4.69, 9.17) is 10.5 Å². The fourth-order valence-corrected chi connectivity index (χ4v) is 3.77. The lowest BCUT2D eigenvalue weighted by atomic mass is 10.2. The van der Waals surface area contributed by atoms with Crippen molar-refractivity contribution in [2.45, 2.75) is 18.9 Å². The first-order valence-electron chi connectivity index (χ1n) is 8.02. The van der Waals surface area contributed by atoms with Crippen LogP contribution in [0.4, 0.5) is 20.6 Å². The first kappa shape index (κ1) is 18.5. The van der Waals surface area contributed by atoms with Crippen LogP contribution >= 0.6 is 10.6 Å². The predicted molar refractivity (Wildman–Crippen MR) is 96.6 cm³/mol. The van der Waals surface area contributed by atoms with Crippen molar-refractivity contribution >= 4 is 34.0 Å². The Labute approximate surface area is 151 Å². The first-order chi connectivity index (χ1) is 12.2. The van der Waals surface area contributed by atoms with Crippen LogP contribution in [0.25, 0.3) is 0 Å². The van der Waals surface area contributed by atoms with Crippen LogP contribution in [0, 0.1) is 5.82 Å². The Bertz CT molecular complexity index is 757. The second-order valence-corrected chi connectivity index (χ2v) is 8.27. The molecule has 8 nitrogen and oxygen atoms in total. The second kappa shape index (κ2) is 7.14. The Morgan fingerprint density at radius 3 is 2.81 bits per heavy atom. The third-order valence-electron chi connectivity index (χ3n) is 4.23. The highest BCUT2D eigenvalue weighted by Crippen LogP contribution is 2.43. The number of nitrogens with zero attached hydrogens (tertiary/aromatic N) is 2. The van der Waals surface area contributed by atoms with Crippen LogP contribution in [0.3, 0.4) is 0 Å². The quantitative estimate of drug-likeness (QED) is 0.717. The summed E-state index contributed by atoms with van der Waals surface area (Å²) in [5.74, 6) is -0.884. The number of carbonyl (C=O) groups is 2. The smallest absolute Gasteiger partial charge is 0.414 e. The van der Waals surface area contributed by atoms with Crippen molar-refractivity contribution in [2.75, 3.05) is 28.6 Å². The molecule has 26 heavy (non-hydrogen) atoms. The van der Waals surface area contributed by atoms with E-state index in [-0.39, 0.29) is 31.0 Å². The largest absolute Gasteiger partial charge is 0.444 e. The van der Waals surface area contributed by atoms with Gasteiger partial charge in [-0.2, -0.15) is 10.6 Å². The van der Waals surface area contributed by atoms with Crippen molar-refractivity contribution in [3.05, 3.63) is 35.6 Å². The molecule has 4 N–H and O–H groups in total. The van der Waals surface area contributed by atoms with Gasteiger partial charge in [-0.15, -0.1) is 0 Å². The third kappa shape index (κ3) is 4.09. The van der Waals surface area contributed by atoms with Crippen molar-refractivity contribution in [3.8, 4) is 0 Å². The Hall–Kier alpha value is -2.30. The van der Waals surface area contributed by atoms with Gasteiger partial charge in [0.2, 0.25) is 5.91 Å². The zero-order valence-corrected chi connectivity index (χ0v) is 14.7. The van der Waals surface area contributed by atoms with Crippen LogP contribution in [0.2, 0.25) is 0 Å². The molecule has 1 fully saturated rings. The molecule has 1 aromatic carbocycles. The molecule has 2 amide bonds. The Morgan fingerprint density at radius 2 is 2.19 bits per heavy atom. The number of hydrogen-bond donors (Lipinski definition) is 3. The molecule has 0 bridgehead atoms. The van der Waals surface area contributed by atoms with Gasteiger partial charge in [0.1, 0.15) is 11.9 Å². The molecule has 1 atom stereocenters. The zero-order valence-electron chi connectivity index (χ0n) is 13.9. The summed E-state index contributed by atoms with van der Waals surface area (Å²) >= 11 is 0. The normalized spacial score (nSPS) is 23.0. The fraction of sp³-hybridized carbons (Fsp3) is 0.375. The molecule has 10 heteroatoms. The van der Waals surface area contributed by atoms with Crippen LogP contribution in [-0.4, -0.2) is 46.1 Å². The number of carbonyl (C=O) groups excluding carboxylic acids is 2. The lowest BCUT2D eigenvalue weighted by Gasteiger charge is -2.36. The van der Waals surface area contributed by atoms with Crippen LogP contribution in [0.1, 0.15) is 12.8 Å². The summed E-state index contributed by atoms with van der Waals surface area (Å²) in [4.78, 5) is 25.7. The minimum atomic E-state index is -2.73. The summed E-state index contributed by atoms with van der Waals surface area (Å²) < 4.78 is 38.8. The van der Waals surface area contributed by atoms with E-state index in [2.05, 4.69) is 0 Å². The van der Waals surface area contributed by atoms with Gasteiger partial charge in [0.05, 0.1) is 23.7 Å². The van der Waals surface area contributed by atoms with Gasteiger partial charge in [0, 0.05) is 24.6 Å².